The average Bonchev–Trinajstić information content (AvgIpc) is 1.84. The molecule has 0 saturated carbocycles. The molecule has 1 aliphatic rings. The normalized spacial score (nSPS) is 28.3. The maximum absolute atomic E-state index is 2.50. The van der Waals surface area contributed by atoms with Gasteiger partial charge in [0, 0.05) is 0 Å². The molecule has 0 unspecified atom stereocenters. The van der Waals surface area contributed by atoms with Gasteiger partial charge >= 0.3 is 54.9 Å². The van der Waals surface area contributed by atoms with Crippen LogP contribution in [0.2, 0.25) is 9.88 Å². The second-order valence-electron chi connectivity index (χ2n) is 2.10. The Morgan fingerprint density at radius 3 is 1.71 bits per heavy atom. The molecule has 0 N–H and O–H groups in total. The van der Waals surface area contributed by atoms with E-state index in [1.54, 1.807) is 0 Å². The summed E-state index contributed by atoms with van der Waals surface area (Å²) in [6.07, 6.45) is 0. The van der Waals surface area contributed by atoms with E-state index in [0.29, 0.717) is 0 Å². The molecule has 0 aliphatic carbocycles. The van der Waals surface area contributed by atoms with Gasteiger partial charge in [-0.15, -0.1) is 0 Å². The van der Waals surface area contributed by atoms with E-state index in [0.717, 1.165) is 0 Å². The molecule has 0 aromatic rings. The van der Waals surface area contributed by atoms with Crippen molar-refractivity contribution in [3.8, 4) is 0 Å². The predicted octanol–water partition coefficient (Wildman–Crippen LogP) is 2.17. The molecule has 1 aliphatic heterocycles. The number of rotatable bonds is 0. The molecule has 0 spiro atoms. The van der Waals surface area contributed by atoms with Crippen LogP contribution in [0.5, 0.6) is 0 Å². The Morgan fingerprint density at radius 1 is 1.14 bits per heavy atom. The fraction of sp³-hybridized carbons (Fsp3) is 1.00. The van der Waals surface area contributed by atoms with Gasteiger partial charge in [0.2, 0.25) is 0 Å². The summed E-state index contributed by atoms with van der Waals surface area (Å²) in [5.41, 5.74) is 0. The Hall–Kier alpha value is 1.50. The van der Waals surface area contributed by atoms with Gasteiger partial charge in [-0.2, -0.15) is 0 Å². The zero-order chi connectivity index (χ0) is 5.33. The van der Waals surface area contributed by atoms with E-state index in [9.17, 15) is 0 Å². The summed E-state index contributed by atoms with van der Waals surface area (Å²) in [5, 5.41) is 0. The Kier molecular flexibility index (Phi) is 2.26. The molecule has 0 aromatic carbocycles. The molecule has 7 heavy (non-hydrogen) atoms. The molecule has 0 amide bonds. The summed E-state index contributed by atoms with van der Waals surface area (Å²) in [7, 11) is 4.54. The van der Waals surface area contributed by atoms with E-state index in [1.807, 2.05) is 0 Å². The Bertz CT molecular complexity index is 64.1. The van der Waals surface area contributed by atoms with Gasteiger partial charge in [-0.3, -0.25) is 0 Å². The van der Waals surface area contributed by atoms with Crippen LogP contribution >= 0.6 is 17.9 Å². The van der Waals surface area contributed by atoms with E-state index < -0.39 is 15.6 Å². The van der Waals surface area contributed by atoms with Crippen molar-refractivity contribution in [2.24, 2.45) is 0 Å². The van der Waals surface area contributed by atoms with Gasteiger partial charge in [-0.1, -0.05) is 0 Å². The Labute approximate surface area is 54.6 Å². The molecular weight excluding hydrogens is 231 g/mol. The van der Waals surface area contributed by atoms with E-state index in [2.05, 4.69) is 27.8 Å². The van der Waals surface area contributed by atoms with E-state index in [-0.39, 0.29) is 0 Å². The van der Waals surface area contributed by atoms with Crippen molar-refractivity contribution >= 4 is 33.5 Å². The number of hydrogen-bond donors (Lipinski definition) is 0. The minimum absolute atomic E-state index is 1.34. The van der Waals surface area contributed by atoms with Gasteiger partial charge in [0.1, 0.15) is 0 Å². The van der Waals surface area contributed by atoms with Crippen LogP contribution in [-0.2, 0) is 0 Å². The zero-order valence-electron chi connectivity index (χ0n) is 4.73. The molecule has 0 atom stereocenters. The molecular formula is C4H10S2Sn. The van der Waals surface area contributed by atoms with Crippen LogP contribution in [0.3, 0.4) is 0 Å². The van der Waals surface area contributed by atoms with Crippen molar-refractivity contribution < 1.29 is 0 Å². The van der Waals surface area contributed by atoms with E-state index in [4.69, 9.17) is 0 Å². The van der Waals surface area contributed by atoms with Gasteiger partial charge < -0.3 is 0 Å². The van der Waals surface area contributed by atoms with Crippen LogP contribution in [0.4, 0.5) is 0 Å². The van der Waals surface area contributed by atoms with E-state index >= 15 is 0 Å². The van der Waals surface area contributed by atoms with Gasteiger partial charge in [0.25, 0.3) is 0 Å². The number of hydrogen-bond acceptors (Lipinski definition) is 2. The summed E-state index contributed by atoms with van der Waals surface area (Å²) in [4.78, 5) is 4.99. The van der Waals surface area contributed by atoms with Crippen LogP contribution in [0, 0.1) is 0 Å². The summed E-state index contributed by atoms with van der Waals surface area (Å²) in [6, 6.07) is 0. The molecule has 1 saturated heterocycles. The molecule has 0 aromatic heterocycles. The summed E-state index contributed by atoms with van der Waals surface area (Å²) >= 11 is -1.34. The minimum atomic E-state index is -1.34. The van der Waals surface area contributed by atoms with Crippen LogP contribution in [0.15, 0.2) is 0 Å². The second kappa shape index (κ2) is 2.40. The third kappa shape index (κ3) is 2.06. The van der Waals surface area contributed by atoms with Gasteiger partial charge in [-0.05, 0) is 0 Å². The predicted molar refractivity (Wildman–Crippen MR) is 42.4 cm³/mol. The molecule has 0 bridgehead atoms. The monoisotopic (exact) mass is 242 g/mol. The molecule has 1 fully saturated rings. The van der Waals surface area contributed by atoms with Crippen molar-refractivity contribution in [1.82, 2.24) is 0 Å². The molecule has 1 heterocycles. The summed E-state index contributed by atoms with van der Waals surface area (Å²) in [6.45, 7) is 0. The first-order valence-electron chi connectivity index (χ1n) is 2.49. The summed E-state index contributed by atoms with van der Waals surface area (Å²) < 4.78 is 0. The quantitative estimate of drug-likeness (QED) is 0.596. The van der Waals surface area contributed by atoms with Gasteiger partial charge in [0.15, 0.2) is 0 Å². The van der Waals surface area contributed by atoms with Crippen LogP contribution < -0.4 is 0 Å². The fourth-order valence-corrected chi connectivity index (χ4v) is 20.8. The second-order valence-corrected chi connectivity index (χ2v) is 31.9. The van der Waals surface area contributed by atoms with Crippen LogP contribution in [0.1, 0.15) is 0 Å². The van der Waals surface area contributed by atoms with E-state index in [1.165, 1.54) is 11.5 Å². The topological polar surface area (TPSA) is 0 Å². The molecule has 0 radical (unpaired) electrons. The van der Waals surface area contributed by atoms with Crippen LogP contribution in [-0.4, -0.2) is 27.1 Å². The van der Waals surface area contributed by atoms with Crippen molar-refractivity contribution in [2.75, 3.05) is 11.5 Å². The Morgan fingerprint density at radius 2 is 1.57 bits per heavy atom. The van der Waals surface area contributed by atoms with Gasteiger partial charge in [0.05, 0.1) is 0 Å². The van der Waals surface area contributed by atoms with Crippen molar-refractivity contribution in [3.05, 3.63) is 0 Å². The first-order valence-corrected chi connectivity index (χ1v) is 17.2. The zero-order valence-corrected chi connectivity index (χ0v) is 9.22. The third-order valence-electron chi connectivity index (χ3n) is 0.983. The molecule has 1 rings (SSSR count). The third-order valence-corrected chi connectivity index (χ3v) is 23.6. The first-order chi connectivity index (χ1) is 3.21. The van der Waals surface area contributed by atoms with Crippen LogP contribution in [0.25, 0.3) is 0 Å². The van der Waals surface area contributed by atoms with Crippen molar-refractivity contribution in [3.63, 3.8) is 0 Å². The standard InChI is InChI=1S/C2H6S2.2CH3.Sn/c3-1-2-4;;;/h3-4H,1-2H2;2*1H3;/q;;;+2/p-2. The van der Waals surface area contributed by atoms with Crippen molar-refractivity contribution in [1.29, 1.82) is 0 Å². The summed E-state index contributed by atoms with van der Waals surface area (Å²) in [5.74, 6) is 2.88. The fourth-order valence-electron chi connectivity index (χ4n) is 0.617. The molecule has 42 valence electrons. The van der Waals surface area contributed by atoms with Gasteiger partial charge in [-0.25, -0.2) is 0 Å². The van der Waals surface area contributed by atoms with Crippen molar-refractivity contribution in [2.45, 2.75) is 9.88 Å². The molecule has 3 heteroatoms. The first kappa shape index (κ1) is 6.62. The SMILES string of the molecule is [CH3][Sn]1([CH3])[S]CC[S]1. The Balaban J connectivity index is 2.40. The maximum atomic E-state index is 2.50. The average molecular weight is 241 g/mol. The molecule has 0 nitrogen and oxygen atoms in total.